The van der Waals surface area contributed by atoms with Crippen LogP contribution in [0.3, 0.4) is 0 Å². The molecule has 1 aromatic rings. The molecule has 1 aromatic carbocycles. The molecule has 5 N–H and O–H groups in total. The number of carbonyl (C=O) groups is 3. The van der Waals surface area contributed by atoms with Crippen LogP contribution in [-0.4, -0.2) is 99.1 Å². The minimum absolute atomic E-state index is 0. The van der Waals surface area contributed by atoms with Gasteiger partial charge in [0.15, 0.2) is 0 Å². The van der Waals surface area contributed by atoms with Gasteiger partial charge in [-0.3, -0.25) is 14.4 Å². The molecule has 1 saturated heterocycles. The Balaban J connectivity index is 0.0000101. The van der Waals surface area contributed by atoms with Crippen LogP contribution in [0.4, 0.5) is 0 Å². The summed E-state index contributed by atoms with van der Waals surface area (Å²) in [5, 5.41) is 17.0. The molecule has 258 valence electrons. The third-order valence-electron chi connectivity index (χ3n) is 8.36. The summed E-state index contributed by atoms with van der Waals surface area (Å²) >= 11 is 0. The summed E-state index contributed by atoms with van der Waals surface area (Å²) < 4.78 is 16.3. The number of aliphatic hydroxyl groups is 1. The lowest BCUT2D eigenvalue weighted by Crippen LogP contribution is -2.52. The van der Waals surface area contributed by atoms with Crippen LogP contribution in [0.15, 0.2) is 24.3 Å². The van der Waals surface area contributed by atoms with E-state index >= 15 is 0 Å². The van der Waals surface area contributed by atoms with Crippen molar-refractivity contribution in [3.8, 4) is 5.75 Å². The molecule has 45 heavy (non-hydrogen) atoms. The Morgan fingerprint density at radius 3 is 2.27 bits per heavy atom. The Kier molecular flexibility index (Phi) is 19.3. The highest BCUT2D eigenvalue weighted by Gasteiger charge is 2.32. The van der Waals surface area contributed by atoms with E-state index in [2.05, 4.69) is 24.5 Å². The second kappa shape index (κ2) is 21.4. The van der Waals surface area contributed by atoms with Crippen LogP contribution >= 0.6 is 12.4 Å². The van der Waals surface area contributed by atoms with E-state index in [0.717, 1.165) is 12.8 Å². The van der Waals surface area contributed by atoms with E-state index in [9.17, 15) is 19.5 Å². The first-order valence-electron chi connectivity index (χ1n) is 16.1. The number of aliphatic hydroxyl groups excluding tert-OH is 1. The van der Waals surface area contributed by atoms with Gasteiger partial charge in [-0.15, -0.1) is 12.4 Å². The fourth-order valence-electron chi connectivity index (χ4n) is 5.28. The summed E-state index contributed by atoms with van der Waals surface area (Å²) in [7, 11) is 1.67. The molecule has 0 aliphatic carbocycles. The fraction of sp³-hybridized carbons (Fsp3) is 0.727. The van der Waals surface area contributed by atoms with Gasteiger partial charge in [0.05, 0.1) is 31.5 Å². The maximum absolute atomic E-state index is 13.2. The van der Waals surface area contributed by atoms with Gasteiger partial charge in [0, 0.05) is 45.3 Å². The van der Waals surface area contributed by atoms with Crippen LogP contribution in [0.25, 0.3) is 0 Å². The van der Waals surface area contributed by atoms with Gasteiger partial charge in [0.2, 0.25) is 11.8 Å². The summed E-state index contributed by atoms with van der Waals surface area (Å²) in [5.41, 5.74) is 6.96. The predicted molar refractivity (Wildman–Crippen MR) is 178 cm³/mol. The molecule has 1 aliphatic heterocycles. The van der Waals surface area contributed by atoms with E-state index in [0.29, 0.717) is 63.8 Å². The van der Waals surface area contributed by atoms with Crippen molar-refractivity contribution in [1.29, 1.82) is 0 Å². The Morgan fingerprint density at radius 1 is 1.00 bits per heavy atom. The zero-order chi connectivity index (χ0) is 32.6. The van der Waals surface area contributed by atoms with E-state index in [4.69, 9.17) is 19.9 Å². The highest BCUT2D eigenvalue weighted by molar-refractivity contribution is 5.96. The first kappa shape index (κ1) is 40.6. The van der Waals surface area contributed by atoms with Gasteiger partial charge in [0.1, 0.15) is 11.8 Å². The van der Waals surface area contributed by atoms with Gasteiger partial charge >= 0.3 is 0 Å². The number of hydrogen-bond donors (Lipinski definition) is 4. The molecular weight excluding hydrogens is 600 g/mol. The number of hydrogen-bond acceptors (Lipinski definition) is 8. The summed E-state index contributed by atoms with van der Waals surface area (Å²) in [5.74, 6) is -0.485. The van der Waals surface area contributed by atoms with E-state index in [-0.39, 0.29) is 54.3 Å². The summed E-state index contributed by atoms with van der Waals surface area (Å²) in [4.78, 5) is 40.8. The minimum Gasteiger partial charge on any atom is -0.493 e. The number of nitrogens with zero attached hydrogens (tertiary/aromatic N) is 1. The van der Waals surface area contributed by atoms with Crippen LogP contribution in [0.2, 0.25) is 0 Å². The van der Waals surface area contributed by atoms with E-state index in [1.165, 1.54) is 0 Å². The van der Waals surface area contributed by atoms with Crippen molar-refractivity contribution in [1.82, 2.24) is 15.5 Å². The fourth-order valence-corrected chi connectivity index (χ4v) is 5.28. The molecule has 2 rings (SSSR count). The van der Waals surface area contributed by atoms with Crippen molar-refractivity contribution in [3.63, 3.8) is 0 Å². The van der Waals surface area contributed by atoms with Crippen molar-refractivity contribution >= 4 is 30.1 Å². The Hall–Kier alpha value is -2.44. The first-order valence-corrected chi connectivity index (χ1v) is 16.1. The van der Waals surface area contributed by atoms with Crippen molar-refractivity contribution in [2.45, 2.75) is 78.5 Å². The number of amides is 3. The maximum atomic E-state index is 13.2. The number of halogens is 1. The Bertz CT molecular complexity index is 1020. The quantitative estimate of drug-likeness (QED) is 0.166. The largest absolute Gasteiger partial charge is 0.493 e. The van der Waals surface area contributed by atoms with Crippen LogP contribution in [-0.2, 0) is 19.1 Å². The highest BCUT2D eigenvalue weighted by atomic mass is 35.5. The van der Waals surface area contributed by atoms with Gasteiger partial charge < -0.3 is 40.6 Å². The lowest BCUT2D eigenvalue weighted by atomic mass is 9.83. The molecule has 0 radical (unpaired) electrons. The molecule has 0 aromatic heterocycles. The molecule has 5 unspecified atom stereocenters. The van der Waals surface area contributed by atoms with Crippen LogP contribution in [0.5, 0.6) is 5.75 Å². The zero-order valence-corrected chi connectivity index (χ0v) is 28.8. The standard InChI is InChI=1S/C33H56N4O7.ClH/c1-22(2)25(21-35-31(39)26-11-7-8-12-30(26)44-16-10-9-15-42-6)19-28(34)29(38)20-27(23(3)4)32(40)36-24(5)33(41)37-13-17-43-18-14-37;/h7-8,11-12,22-25,27-29,38H,9-10,13-21,34H2,1-6H3,(H,35,39)(H,36,40);1H. The lowest BCUT2D eigenvalue weighted by Gasteiger charge is -2.32. The third-order valence-corrected chi connectivity index (χ3v) is 8.36. The van der Waals surface area contributed by atoms with Crippen LogP contribution < -0.4 is 21.1 Å². The Labute approximate surface area is 275 Å². The van der Waals surface area contributed by atoms with Gasteiger partial charge in [-0.2, -0.15) is 0 Å². The smallest absolute Gasteiger partial charge is 0.255 e. The molecule has 1 aliphatic rings. The monoisotopic (exact) mass is 656 g/mol. The van der Waals surface area contributed by atoms with Crippen molar-refractivity contribution in [2.24, 2.45) is 29.4 Å². The number of nitrogens with one attached hydrogen (secondary N) is 2. The minimum atomic E-state index is -0.928. The number of unbranched alkanes of at least 4 members (excludes halogenated alkanes) is 1. The summed E-state index contributed by atoms with van der Waals surface area (Å²) in [6.45, 7) is 13.2. The van der Waals surface area contributed by atoms with E-state index < -0.39 is 24.1 Å². The molecule has 1 fully saturated rings. The normalized spacial score (nSPS) is 16.7. The number of rotatable bonds is 19. The Morgan fingerprint density at radius 2 is 1.64 bits per heavy atom. The molecule has 1 heterocycles. The number of ether oxygens (including phenoxy) is 3. The van der Waals surface area contributed by atoms with Crippen molar-refractivity contribution < 1.29 is 33.7 Å². The average Bonchev–Trinajstić information content (AvgIpc) is 3.01. The molecule has 0 saturated carbocycles. The lowest BCUT2D eigenvalue weighted by molar-refractivity contribution is -0.140. The zero-order valence-electron chi connectivity index (χ0n) is 28.0. The molecule has 0 bridgehead atoms. The molecule has 12 heteroatoms. The van der Waals surface area contributed by atoms with E-state index in [1.54, 1.807) is 37.1 Å². The van der Waals surface area contributed by atoms with Gasteiger partial charge in [0.25, 0.3) is 5.91 Å². The highest BCUT2D eigenvalue weighted by Crippen LogP contribution is 2.24. The topological polar surface area (TPSA) is 152 Å². The number of morpholine rings is 1. The molecule has 0 spiro atoms. The SMILES string of the molecule is COCCCCOc1ccccc1C(=O)NCC(CC(N)C(O)CC(C(=O)NC(C)C(=O)N1CCOCC1)C(C)C)C(C)C.Cl. The summed E-state index contributed by atoms with van der Waals surface area (Å²) in [6, 6.07) is 5.91. The number of methoxy groups -OCH3 is 1. The third kappa shape index (κ3) is 13.8. The van der Waals surface area contributed by atoms with Crippen molar-refractivity contribution in [2.75, 3.05) is 53.2 Å². The van der Waals surface area contributed by atoms with Crippen LogP contribution in [0.1, 0.15) is 70.7 Å². The number of para-hydroxylation sites is 1. The van der Waals surface area contributed by atoms with Crippen LogP contribution in [0, 0.1) is 23.7 Å². The van der Waals surface area contributed by atoms with Gasteiger partial charge in [-0.05, 0) is 62.5 Å². The number of carbonyl (C=O) groups excluding carboxylic acids is 3. The molecule has 11 nitrogen and oxygen atoms in total. The summed E-state index contributed by atoms with van der Waals surface area (Å²) in [6.07, 6.45) is 1.42. The first-order chi connectivity index (χ1) is 21.0. The predicted octanol–water partition coefficient (Wildman–Crippen LogP) is 3.02. The second-order valence-corrected chi connectivity index (χ2v) is 12.5. The van der Waals surface area contributed by atoms with E-state index in [1.807, 2.05) is 19.9 Å². The molecule has 5 atom stereocenters. The van der Waals surface area contributed by atoms with Crippen molar-refractivity contribution in [3.05, 3.63) is 29.8 Å². The second-order valence-electron chi connectivity index (χ2n) is 12.5. The van der Waals surface area contributed by atoms with Gasteiger partial charge in [-0.1, -0.05) is 39.8 Å². The molecular formula is C33H57ClN4O7. The molecule has 3 amide bonds. The van der Waals surface area contributed by atoms with Gasteiger partial charge in [-0.25, -0.2) is 0 Å². The maximum Gasteiger partial charge on any atom is 0.255 e. The number of nitrogens with two attached hydrogens (primary N) is 1. The number of benzene rings is 1. The average molecular weight is 657 g/mol.